The first-order chi connectivity index (χ1) is 9.80. The lowest BCUT2D eigenvalue weighted by atomic mass is 10.1. The highest BCUT2D eigenvalue weighted by atomic mass is 35.5. The van der Waals surface area contributed by atoms with Gasteiger partial charge < -0.3 is 26.8 Å². The van der Waals surface area contributed by atoms with Crippen LogP contribution in [0.1, 0.15) is 33.1 Å². The van der Waals surface area contributed by atoms with Gasteiger partial charge in [-0.1, -0.05) is 0 Å². The highest BCUT2D eigenvalue weighted by molar-refractivity contribution is 5.72. The van der Waals surface area contributed by atoms with Crippen LogP contribution < -0.4 is 26.8 Å². The summed E-state index contributed by atoms with van der Waals surface area (Å²) in [6.45, 7) is 7.04. The number of piperidine rings is 1. The number of hydrogen-bond acceptors (Lipinski definition) is 4. The molecule has 21 heavy (non-hydrogen) atoms. The Balaban J connectivity index is 0.00000220. The van der Waals surface area contributed by atoms with Crippen LogP contribution in [0.4, 0.5) is 11.4 Å². The topological polar surface area (TPSA) is 49.9 Å². The lowest BCUT2D eigenvalue weighted by Crippen LogP contribution is -3.00. The molecule has 5 nitrogen and oxygen atoms in total. The number of anilines is 1. The molecule has 0 saturated carbocycles. The lowest BCUT2D eigenvalue weighted by Gasteiger charge is -2.30. The van der Waals surface area contributed by atoms with Gasteiger partial charge in [0.15, 0.2) is 10.7 Å². The molecule has 0 bridgehead atoms. The quantitative estimate of drug-likeness (QED) is 0.760. The van der Waals surface area contributed by atoms with Crippen LogP contribution in [0.2, 0.25) is 0 Å². The maximum Gasteiger partial charge on any atom is 0.430 e. The van der Waals surface area contributed by atoms with E-state index in [9.17, 15) is 0 Å². The predicted molar refractivity (Wildman–Crippen MR) is 79.6 cm³/mol. The molecule has 0 unspecified atom stereocenters. The van der Waals surface area contributed by atoms with Gasteiger partial charge in [-0.3, -0.25) is 0 Å². The van der Waals surface area contributed by atoms with Crippen LogP contribution in [0, 0.1) is 5.39 Å². The first-order valence-corrected chi connectivity index (χ1v) is 7.33. The van der Waals surface area contributed by atoms with Crippen molar-refractivity contribution in [2.45, 2.75) is 33.1 Å². The zero-order chi connectivity index (χ0) is 14.4. The fourth-order valence-corrected chi connectivity index (χ4v) is 2.54. The van der Waals surface area contributed by atoms with E-state index in [0.717, 1.165) is 24.5 Å². The fourth-order valence-electron chi connectivity index (χ4n) is 2.54. The lowest BCUT2D eigenvalue weighted by molar-refractivity contribution is -0.00000542. The second kappa shape index (κ2) is 8.58. The van der Waals surface area contributed by atoms with Crippen LogP contribution in [-0.4, -0.2) is 26.3 Å². The number of rotatable bonds is 5. The van der Waals surface area contributed by atoms with Crippen LogP contribution in [0.25, 0.3) is 4.98 Å². The third-order valence-electron chi connectivity index (χ3n) is 3.44. The Labute approximate surface area is 132 Å². The van der Waals surface area contributed by atoms with Gasteiger partial charge in [-0.05, 0) is 33.1 Å². The van der Waals surface area contributed by atoms with Crippen molar-refractivity contribution in [1.29, 1.82) is 5.39 Å². The van der Waals surface area contributed by atoms with Gasteiger partial charge in [0.2, 0.25) is 11.1 Å². The van der Waals surface area contributed by atoms with Gasteiger partial charge in [0, 0.05) is 19.2 Å². The summed E-state index contributed by atoms with van der Waals surface area (Å²) < 4.78 is 11.3. The summed E-state index contributed by atoms with van der Waals surface area (Å²) in [5, 5.41) is 9.11. The van der Waals surface area contributed by atoms with Crippen LogP contribution >= 0.6 is 0 Å². The van der Waals surface area contributed by atoms with Crippen molar-refractivity contribution in [3.63, 3.8) is 0 Å². The smallest absolute Gasteiger partial charge is 0.430 e. The Kier molecular flexibility index (Phi) is 7.10. The summed E-state index contributed by atoms with van der Waals surface area (Å²) in [5.41, 5.74) is 1.44. The minimum Gasteiger partial charge on any atom is -1.00 e. The maximum absolute atomic E-state index is 9.11. The monoisotopic (exact) mass is 311 g/mol. The van der Waals surface area contributed by atoms with Gasteiger partial charge in [0.05, 0.1) is 25.0 Å². The van der Waals surface area contributed by atoms with Gasteiger partial charge in [-0.2, -0.15) is 0 Å². The highest BCUT2D eigenvalue weighted by Crippen LogP contribution is 2.41. The summed E-state index contributed by atoms with van der Waals surface area (Å²) in [6, 6.07) is 3.67. The van der Waals surface area contributed by atoms with Crippen molar-refractivity contribution in [3.8, 4) is 11.5 Å². The van der Waals surface area contributed by atoms with Crippen molar-refractivity contribution in [2.24, 2.45) is 0 Å². The fraction of sp³-hybridized carbons (Fsp3) is 0.600. The molecule has 1 saturated heterocycles. The van der Waals surface area contributed by atoms with E-state index in [1.165, 1.54) is 19.3 Å². The predicted octanol–water partition coefficient (Wildman–Crippen LogP) is 0.963. The second-order valence-corrected chi connectivity index (χ2v) is 4.80. The van der Waals surface area contributed by atoms with Gasteiger partial charge in [-0.25, -0.2) is 0 Å². The van der Waals surface area contributed by atoms with Crippen molar-refractivity contribution in [3.05, 3.63) is 17.1 Å². The van der Waals surface area contributed by atoms with E-state index >= 15 is 0 Å². The maximum atomic E-state index is 9.11. The molecule has 2 rings (SSSR count). The van der Waals surface area contributed by atoms with Crippen LogP contribution in [0.5, 0.6) is 11.5 Å². The molecule has 1 aromatic rings. The van der Waals surface area contributed by atoms with Gasteiger partial charge in [0.1, 0.15) is 0 Å². The van der Waals surface area contributed by atoms with Gasteiger partial charge >= 0.3 is 5.69 Å². The third kappa shape index (κ3) is 4.15. The summed E-state index contributed by atoms with van der Waals surface area (Å²) in [7, 11) is 0. The molecule has 6 heteroatoms. The molecule has 1 aliphatic heterocycles. The van der Waals surface area contributed by atoms with E-state index in [-0.39, 0.29) is 12.4 Å². The Bertz CT molecular complexity index is 496. The van der Waals surface area contributed by atoms with E-state index in [1.54, 1.807) is 6.07 Å². The van der Waals surface area contributed by atoms with E-state index in [0.29, 0.717) is 24.7 Å². The second-order valence-electron chi connectivity index (χ2n) is 4.80. The standard InChI is InChI=1S/C15H22N3O2.ClH/c1-3-19-14-11-13(18-8-6-5-7-9-18)15(20-4-2)10-12(14)17-16;/h10-11H,3-9H2,1-2H3;1H/q+1;/p-1. The zero-order valence-corrected chi connectivity index (χ0v) is 13.4. The summed E-state index contributed by atoms with van der Waals surface area (Å²) in [6.07, 6.45) is 3.67. The molecule has 1 aliphatic rings. The number of halogens is 1. The minimum absolute atomic E-state index is 0. The number of hydrogen-bond donors (Lipinski definition) is 0. The van der Waals surface area contributed by atoms with E-state index in [1.807, 2.05) is 19.9 Å². The molecule has 0 aromatic heterocycles. The number of nitrogens with zero attached hydrogens (tertiary/aromatic N) is 3. The van der Waals surface area contributed by atoms with E-state index in [4.69, 9.17) is 14.9 Å². The summed E-state index contributed by atoms with van der Waals surface area (Å²) in [4.78, 5) is 5.61. The Morgan fingerprint density at radius 3 is 2.24 bits per heavy atom. The van der Waals surface area contributed by atoms with Gasteiger partial charge in [0.25, 0.3) is 0 Å². The number of ether oxygens (including phenoxy) is 2. The van der Waals surface area contributed by atoms with Crippen LogP contribution in [0.3, 0.4) is 0 Å². The molecule has 1 heterocycles. The Hall–Kier alpha value is -1.67. The highest BCUT2D eigenvalue weighted by Gasteiger charge is 2.24. The normalized spacial score (nSPS) is 14.0. The van der Waals surface area contributed by atoms with Crippen LogP contribution in [0.15, 0.2) is 12.1 Å². The third-order valence-corrected chi connectivity index (χ3v) is 3.44. The van der Waals surface area contributed by atoms with Crippen molar-refractivity contribution >= 4 is 11.4 Å². The van der Waals surface area contributed by atoms with Crippen LogP contribution in [-0.2, 0) is 0 Å². The van der Waals surface area contributed by atoms with E-state index < -0.39 is 0 Å². The Morgan fingerprint density at radius 2 is 1.67 bits per heavy atom. The summed E-state index contributed by atoms with van der Waals surface area (Å²) >= 11 is 0. The molecule has 116 valence electrons. The molecule has 0 radical (unpaired) electrons. The molecule has 1 fully saturated rings. The molecule has 0 N–H and O–H groups in total. The number of benzene rings is 1. The molecule has 0 aliphatic carbocycles. The largest absolute Gasteiger partial charge is 1.00 e. The molecule has 0 spiro atoms. The zero-order valence-electron chi connectivity index (χ0n) is 12.6. The first kappa shape index (κ1) is 17.4. The molecular weight excluding hydrogens is 290 g/mol. The van der Waals surface area contributed by atoms with Crippen molar-refractivity contribution < 1.29 is 21.9 Å². The molecule has 0 amide bonds. The van der Waals surface area contributed by atoms with Crippen molar-refractivity contribution in [1.82, 2.24) is 0 Å². The summed E-state index contributed by atoms with van der Waals surface area (Å²) in [5.74, 6) is 1.35. The van der Waals surface area contributed by atoms with Gasteiger partial charge in [-0.15, -0.1) is 0 Å². The Morgan fingerprint density at radius 1 is 1.05 bits per heavy atom. The SMILES string of the molecule is CCOc1cc(N2CCCCC2)c(OCC)cc1[N+]#N.[Cl-]. The molecule has 1 aromatic carbocycles. The average molecular weight is 312 g/mol. The minimum atomic E-state index is 0. The van der Waals surface area contributed by atoms with Crippen molar-refractivity contribution in [2.75, 3.05) is 31.2 Å². The molecule has 0 atom stereocenters. The average Bonchev–Trinajstić information content (AvgIpc) is 2.49. The van der Waals surface area contributed by atoms with E-state index in [2.05, 4.69) is 9.88 Å². The first-order valence-electron chi connectivity index (χ1n) is 7.33. The molecular formula is C15H22ClN3O2. The number of diazo groups is 1.